The smallest absolute Gasteiger partial charge is 0.139 e. The molecule has 2 aliphatic carbocycles. The van der Waals surface area contributed by atoms with Gasteiger partial charge in [0.25, 0.3) is 0 Å². The maximum atomic E-state index is 5.33. The minimum Gasteiger partial charge on any atom is -0.338 e. The first-order valence-electron chi connectivity index (χ1n) is 16.4. The Morgan fingerprint density at radius 1 is 0.651 bits per heavy atom. The second kappa shape index (κ2) is 10.6. The van der Waals surface area contributed by atoms with Crippen LogP contribution in [0, 0.1) is 0 Å². The van der Waals surface area contributed by atoms with E-state index in [1.165, 1.54) is 80.9 Å². The van der Waals surface area contributed by atoms with Gasteiger partial charge in [0.15, 0.2) is 0 Å². The van der Waals surface area contributed by atoms with Crippen molar-refractivity contribution in [2.75, 3.05) is 0 Å². The van der Waals surface area contributed by atoms with Crippen LogP contribution in [0.1, 0.15) is 116 Å². The lowest BCUT2D eigenvalue weighted by Crippen LogP contribution is -2.25. The summed E-state index contributed by atoms with van der Waals surface area (Å²) in [4.78, 5) is 18.1. The number of benzene rings is 3. The van der Waals surface area contributed by atoms with Crippen LogP contribution in [0.4, 0.5) is 0 Å². The lowest BCUT2D eigenvalue weighted by Gasteiger charge is -2.34. The van der Waals surface area contributed by atoms with Crippen LogP contribution in [0.15, 0.2) is 53.0 Å². The maximum Gasteiger partial charge on any atom is 0.139 e. The fourth-order valence-corrected chi connectivity index (χ4v) is 8.50. The fourth-order valence-electron chi connectivity index (χ4n) is 7.90. The number of para-hydroxylation sites is 2. The molecule has 2 heterocycles. The Labute approximate surface area is 264 Å². The van der Waals surface area contributed by atoms with Crippen LogP contribution < -0.4 is 0 Å². The molecule has 3 aromatic carbocycles. The van der Waals surface area contributed by atoms with Gasteiger partial charge in [-0.3, -0.25) is 0 Å². The van der Waals surface area contributed by atoms with Crippen LogP contribution in [0.5, 0.6) is 0 Å². The Balaban J connectivity index is 1.39. The Morgan fingerprint density at radius 3 is 1.47 bits per heavy atom. The third-order valence-electron chi connectivity index (χ3n) is 10.7. The lowest BCUT2D eigenvalue weighted by molar-refractivity contribution is 0.321. The van der Waals surface area contributed by atoms with Crippen molar-refractivity contribution in [3.05, 3.63) is 69.7 Å². The Kier molecular flexibility index (Phi) is 7.11. The molecule has 2 saturated carbocycles. The number of nitrogens with zero attached hydrogens (tertiary/aromatic N) is 2. The maximum absolute atomic E-state index is 5.33. The van der Waals surface area contributed by atoms with Crippen LogP contribution in [0.2, 0.25) is 0 Å². The van der Waals surface area contributed by atoms with Crippen LogP contribution >= 0.6 is 15.9 Å². The van der Waals surface area contributed by atoms with Crippen molar-refractivity contribution >= 4 is 38.0 Å². The zero-order valence-electron chi connectivity index (χ0n) is 26.5. The number of fused-ring (bicyclic) bond motifs is 2. The highest BCUT2D eigenvalue weighted by atomic mass is 79.9. The third kappa shape index (κ3) is 5.06. The molecular formula is C38H45BrN4. The SMILES string of the molecule is CC(C)(C)c1cc(-c2nc3c(C4(C)CCCCC4)cccc3[nH]2)c(Br)c(-c2nc3c(C4(C)CCCCC4)cccc3[nH]2)c1. The molecule has 0 bridgehead atoms. The molecule has 0 unspecified atom stereocenters. The van der Waals surface area contributed by atoms with Crippen molar-refractivity contribution in [2.24, 2.45) is 0 Å². The summed E-state index contributed by atoms with van der Waals surface area (Å²) in [5, 5.41) is 0. The molecule has 5 heteroatoms. The molecule has 2 aliphatic rings. The van der Waals surface area contributed by atoms with Crippen LogP contribution in [0.25, 0.3) is 44.8 Å². The van der Waals surface area contributed by atoms with Crippen LogP contribution in [-0.2, 0) is 16.2 Å². The van der Waals surface area contributed by atoms with E-state index in [1.54, 1.807) is 0 Å². The third-order valence-corrected chi connectivity index (χ3v) is 11.5. The topological polar surface area (TPSA) is 57.4 Å². The quantitative estimate of drug-likeness (QED) is 0.206. The van der Waals surface area contributed by atoms with E-state index in [9.17, 15) is 0 Å². The van der Waals surface area contributed by atoms with E-state index in [-0.39, 0.29) is 16.2 Å². The van der Waals surface area contributed by atoms with E-state index < -0.39 is 0 Å². The number of H-pyrrole nitrogens is 2. The normalized spacial score (nSPS) is 18.8. The highest BCUT2D eigenvalue weighted by Gasteiger charge is 2.33. The number of hydrogen-bond acceptors (Lipinski definition) is 2. The molecule has 0 amide bonds. The van der Waals surface area contributed by atoms with Gasteiger partial charge in [0.05, 0.1) is 22.1 Å². The van der Waals surface area contributed by atoms with Gasteiger partial charge in [-0.2, -0.15) is 0 Å². The molecule has 0 saturated heterocycles. The van der Waals surface area contributed by atoms with E-state index in [2.05, 4.69) is 109 Å². The first-order chi connectivity index (χ1) is 20.6. The van der Waals surface area contributed by atoms with Crippen molar-refractivity contribution in [3.63, 3.8) is 0 Å². The van der Waals surface area contributed by atoms with Gasteiger partial charge in [-0.1, -0.05) is 97.4 Å². The minimum atomic E-state index is -0.0380. The predicted molar refractivity (Wildman–Crippen MR) is 184 cm³/mol. The number of nitrogens with one attached hydrogen (secondary N) is 2. The van der Waals surface area contributed by atoms with Crippen molar-refractivity contribution in [2.45, 2.75) is 115 Å². The molecule has 5 aromatic rings. The Hall–Kier alpha value is -2.92. The number of rotatable bonds is 4. The molecule has 2 N–H and O–H groups in total. The summed E-state index contributed by atoms with van der Waals surface area (Å²) in [7, 11) is 0. The van der Waals surface area contributed by atoms with Crippen LogP contribution in [-0.4, -0.2) is 19.9 Å². The summed E-state index contributed by atoms with van der Waals surface area (Å²) in [5.74, 6) is 1.82. The van der Waals surface area contributed by atoms with E-state index in [0.717, 1.165) is 49.3 Å². The van der Waals surface area contributed by atoms with Crippen molar-refractivity contribution in [1.82, 2.24) is 19.9 Å². The first kappa shape index (κ1) is 28.8. The van der Waals surface area contributed by atoms with Crippen molar-refractivity contribution in [3.8, 4) is 22.8 Å². The van der Waals surface area contributed by atoms with Crippen molar-refractivity contribution in [1.29, 1.82) is 0 Å². The average molecular weight is 638 g/mol. The minimum absolute atomic E-state index is 0.0380. The second-order valence-corrected chi connectivity index (χ2v) is 15.7. The standard InChI is InChI=1S/C38H45BrN4/c1-36(2,3)24-22-25(34-40-29-16-12-14-27(32(29)42-34)37(4)18-8-6-9-19-37)31(39)26(23-24)35-41-30-17-13-15-28(33(30)43-35)38(5)20-10-7-11-21-38/h12-17,22-23H,6-11,18-21H2,1-5H3,(H,40,42)(H,41,43). The average Bonchev–Trinajstić information content (AvgIpc) is 3.62. The molecule has 224 valence electrons. The number of hydrogen-bond donors (Lipinski definition) is 2. The molecule has 2 fully saturated rings. The molecule has 2 aromatic heterocycles. The molecule has 7 rings (SSSR count). The number of halogens is 1. The summed E-state index contributed by atoms with van der Waals surface area (Å²) >= 11 is 4.06. The number of aromatic nitrogens is 4. The fraction of sp³-hybridized carbons (Fsp3) is 0.474. The summed E-state index contributed by atoms with van der Waals surface area (Å²) < 4.78 is 1.02. The highest BCUT2D eigenvalue weighted by molar-refractivity contribution is 9.10. The van der Waals surface area contributed by atoms with Gasteiger partial charge in [-0.05, 0) is 98.8 Å². The molecular weight excluding hydrogens is 592 g/mol. The predicted octanol–water partition coefficient (Wildman–Crippen LogP) is 11.3. The van der Waals surface area contributed by atoms with E-state index in [1.807, 2.05) is 0 Å². The zero-order chi connectivity index (χ0) is 30.0. The summed E-state index contributed by atoms with van der Waals surface area (Å²) in [5.41, 5.74) is 11.0. The van der Waals surface area contributed by atoms with Gasteiger partial charge in [-0.15, -0.1) is 0 Å². The summed E-state index contributed by atoms with van der Waals surface area (Å²) in [6, 6.07) is 18.0. The van der Waals surface area contributed by atoms with Gasteiger partial charge < -0.3 is 9.97 Å². The largest absolute Gasteiger partial charge is 0.338 e. The van der Waals surface area contributed by atoms with Gasteiger partial charge in [-0.25, -0.2) is 9.97 Å². The Morgan fingerprint density at radius 2 is 1.07 bits per heavy atom. The van der Waals surface area contributed by atoms with Gasteiger partial charge in [0, 0.05) is 15.6 Å². The van der Waals surface area contributed by atoms with Crippen molar-refractivity contribution < 1.29 is 0 Å². The number of imidazole rings is 2. The lowest BCUT2D eigenvalue weighted by atomic mass is 9.70. The molecule has 0 aliphatic heterocycles. The second-order valence-electron chi connectivity index (χ2n) is 15.0. The van der Waals surface area contributed by atoms with Gasteiger partial charge in [0.1, 0.15) is 11.6 Å². The van der Waals surface area contributed by atoms with E-state index >= 15 is 0 Å². The molecule has 43 heavy (non-hydrogen) atoms. The molecule has 0 radical (unpaired) electrons. The highest BCUT2D eigenvalue weighted by Crippen LogP contribution is 2.45. The number of aromatic amines is 2. The molecule has 4 nitrogen and oxygen atoms in total. The summed E-state index contributed by atoms with van der Waals surface area (Å²) in [6.07, 6.45) is 12.8. The van der Waals surface area contributed by atoms with E-state index in [0.29, 0.717) is 0 Å². The molecule has 0 atom stereocenters. The molecule has 0 spiro atoms. The first-order valence-corrected chi connectivity index (χ1v) is 17.2. The van der Waals surface area contributed by atoms with Gasteiger partial charge in [0.2, 0.25) is 0 Å². The zero-order valence-corrected chi connectivity index (χ0v) is 28.0. The van der Waals surface area contributed by atoms with Crippen LogP contribution in [0.3, 0.4) is 0 Å². The monoisotopic (exact) mass is 636 g/mol. The van der Waals surface area contributed by atoms with Gasteiger partial charge >= 0.3 is 0 Å². The van der Waals surface area contributed by atoms with E-state index in [4.69, 9.17) is 9.97 Å². The Bertz CT molecular complexity index is 1680. The summed E-state index contributed by atoms with van der Waals surface area (Å²) in [6.45, 7) is 11.7.